The molecule has 18 heavy (non-hydrogen) atoms. The summed E-state index contributed by atoms with van der Waals surface area (Å²) in [6.45, 7) is -0.518. The van der Waals surface area contributed by atoms with Gasteiger partial charge in [-0.05, 0) is 19.1 Å². The van der Waals surface area contributed by atoms with E-state index in [1.807, 2.05) is 0 Å². The van der Waals surface area contributed by atoms with Crippen molar-refractivity contribution in [3.8, 4) is 0 Å². The van der Waals surface area contributed by atoms with Gasteiger partial charge in [0.1, 0.15) is 5.82 Å². The zero-order valence-corrected chi connectivity index (χ0v) is 13.6. The van der Waals surface area contributed by atoms with E-state index >= 15 is 0 Å². The smallest absolute Gasteiger partial charge is 0.445 e. The van der Waals surface area contributed by atoms with Crippen LogP contribution in [-0.4, -0.2) is 20.1 Å². The van der Waals surface area contributed by atoms with Crippen LogP contribution in [0.5, 0.6) is 0 Å². The Kier molecular flexibility index (Phi) is 7.77. The maximum absolute atomic E-state index is 13.4. The van der Waals surface area contributed by atoms with E-state index in [1.54, 1.807) is 13.0 Å². The summed E-state index contributed by atoms with van der Waals surface area (Å²) in [4.78, 5) is 1.31. The number of hydrogen-bond donors (Lipinski definition) is 0. The van der Waals surface area contributed by atoms with E-state index in [0.717, 1.165) is 0 Å². The summed E-state index contributed by atoms with van der Waals surface area (Å²) >= 11 is 0. The number of halogens is 4. The molecule has 0 saturated heterocycles. The molecule has 0 saturated carbocycles. The van der Waals surface area contributed by atoms with Gasteiger partial charge in [-0.15, -0.1) is 12.1 Å². The molecule has 0 atom stereocenters. The van der Waals surface area contributed by atoms with Crippen LogP contribution in [0.2, 0.25) is 0 Å². The van der Waals surface area contributed by atoms with Crippen molar-refractivity contribution in [3.63, 3.8) is 0 Å². The fourth-order valence-electron chi connectivity index (χ4n) is 1.42. The van der Waals surface area contributed by atoms with Crippen molar-refractivity contribution >= 4 is 12.7 Å². The van der Waals surface area contributed by atoms with Crippen LogP contribution >= 0.6 is 0 Å². The minimum absolute atomic E-state index is 0. The quantitative estimate of drug-likeness (QED) is 0.565. The van der Waals surface area contributed by atoms with Crippen LogP contribution in [0, 0.1) is 5.82 Å². The number of nitrogens with zero attached hydrogens (tertiary/aromatic N) is 1. The minimum Gasteiger partial charge on any atom is -0.445 e. The van der Waals surface area contributed by atoms with Crippen molar-refractivity contribution in [2.24, 2.45) is 0 Å². The standard InChI is InChI=1S/C11H13BF4N.K/c1-3-17(8-9(2)12(14,15)16)11-7-5-4-6-10(11)13;/h4-7H,2-3,8H2,1H3;/q-1;+1. The molecule has 0 amide bonds. The molecule has 0 aromatic heterocycles. The third-order valence-corrected chi connectivity index (χ3v) is 2.43. The Morgan fingerprint density at radius 2 is 1.83 bits per heavy atom. The van der Waals surface area contributed by atoms with Crippen LogP contribution in [0.3, 0.4) is 0 Å². The number of rotatable bonds is 5. The zero-order chi connectivity index (χ0) is 13.1. The number of para-hydroxylation sites is 1. The molecule has 0 N–H and O–H groups in total. The second-order valence-electron chi connectivity index (χ2n) is 3.70. The summed E-state index contributed by atoms with van der Waals surface area (Å²) in [5.74, 6) is -0.531. The van der Waals surface area contributed by atoms with Crippen molar-refractivity contribution in [3.05, 3.63) is 42.1 Å². The zero-order valence-electron chi connectivity index (χ0n) is 10.5. The molecule has 0 bridgehead atoms. The maximum atomic E-state index is 13.4. The van der Waals surface area contributed by atoms with Crippen molar-refractivity contribution in [1.82, 2.24) is 0 Å². The van der Waals surface area contributed by atoms with Crippen LogP contribution < -0.4 is 56.3 Å². The number of anilines is 1. The predicted octanol–water partition coefficient (Wildman–Crippen LogP) is 0.599. The molecule has 0 unspecified atom stereocenters. The third-order valence-electron chi connectivity index (χ3n) is 2.43. The largest absolute Gasteiger partial charge is 1.00 e. The normalized spacial score (nSPS) is 10.7. The SMILES string of the molecule is C=C(CN(CC)c1ccccc1F)[B-](F)(F)F.[K+]. The van der Waals surface area contributed by atoms with Gasteiger partial charge in [0.15, 0.2) is 0 Å². The molecular formula is C11H13BF4KN. The Labute approximate surface area is 147 Å². The van der Waals surface area contributed by atoms with E-state index in [0.29, 0.717) is 0 Å². The molecule has 0 aliphatic carbocycles. The minimum atomic E-state index is -5.08. The van der Waals surface area contributed by atoms with Crippen molar-refractivity contribution < 1.29 is 68.7 Å². The fourth-order valence-corrected chi connectivity index (χ4v) is 1.42. The molecule has 1 aromatic carbocycles. The van der Waals surface area contributed by atoms with Crippen LogP contribution in [0.4, 0.5) is 23.0 Å². The van der Waals surface area contributed by atoms with E-state index in [-0.39, 0.29) is 63.6 Å². The molecule has 0 aliphatic rings. The van der Waals surface area contributed by atoms with Gasteiger partial charge in [0.05, 0.1) is 5.69 Å². The fraction of sp³-hybridized carbons (Fsp3) is 0.273. The average Bonchev–Trinajstić information content (AvgIpc) is 2.25. The number of hydrogen-bond acceptors (Lipinski definition) is 1. The summed E-state index contributed by atoms with van der Waals surface area (Å²) in [6.07, 6.45) is 0. The van der Waals surface area contributed by atoms with E-state index in [1.165, 1.54) is 23.1 Å². The van der Waals surface area contributed by atoms with E-state index in [4.69, 9.17) is 0 Å². The Hall–Kier alpha value is 0.181. The van der Waals surface area contributed by atoms with Gasteiger partial charge in [-0.1, -0.05) is 12.1 Å². The summed E-state index contributed by atoms with van der Waals surface area (Å²) in [5.41, 5.74) is -0.661. The van der Waals surface area contributed by atoms with Crippen molar-refractivity contribution in [2.45, 2.75) is 6.92 Å². The second-order valence-corrected chi connectivity index (χ2v) is 3.70. The summed E-state index contributed by atoms with van der Waals surface area (Å²) in [7, 11) is 0. The first-order chi connectivity index (χ1) is 7.86. The van der Waals surface area contributed by atoms with Crippen molar-refractivity contribution in [2.75, 3.05) is 18.0 Å². The molecule has 0 heterocycles. The van der Waals surface area contributed by atoms with E-state index < -0.39 is 24.8 Å². The van der Waals surface area contributed by atoms with Gasteiger partial charge < -0.3 is 17.8 Å². The van der Waals surface area contributed by atoms with Gasteiger partial charge >= 0.3 is 58.4 Å². The van der Waals surface area contributed by atoms with Crippen molar-refractivity contribution in [1.29, 1.82) is 0 Å². The number of benzene rings is 1. The average molecular weight is 285 g/mol. The summed E-state index contributed by atoms with van der Waals surface area (Å²) in [5, 5.41) is 0. The van der Waals surface area contributed by atoms with Gasteiger partial charge in [0, 0.05) is 13.1 Å². The first-order valence-electron chi connectivity index (χ1n) is 5.23. The Morgan fingerprint density at radius 1 is 1.28 bits per heavy atom. The monoisotopic (exact) mass is 285 g/mol. The molecule has 94 valence electrons. The predicted molar refractivity (Wildman–Crippen MR) is 62.5 cm³/mol. The van der Waals surface area contributed by atoms with Crippen LogP contribution in [0.25, 0.3) is 0 Å². The molecule has 1 rings (SSSR count). The molecule has 0 spiro atoms. The van der Waals surface area contributed by atoms with Gasteiger partial charge in [-0.2, -0.15) is 0 Å². The molecule has 1 aromatic rings. The van der Waals surface area contributed by atoms with Gasteiger partial charge in [-0.25, -0.2) is 4.39 Å². The Balaban J connectivity index is 0.00000289. The Bertz CT molecular complexity index is 408. The molecule has 0 radical (unpaired) electrons. The van der Waals surface area contributed by atoms with Gasteiger partial charge in [-0.3, -0.25) is 0 Å². The molecular weight excluding hydrogens is 272 g/mol. The van der Waals surface area contributed by atoms with E-state index in [9.17, 15) is 17.3 Å². The third kappa shape index (κ3) is 5.05. The molecule has 1 nitrogen and oxygen atoms in total. The molecule has 7 heteroatoms. The summed E-state index contributed by atoms with van der Waals surface area (Å²) < 4.78 is 50.6. The summed E-state index contributed by atoms with van der Waals surface area (Å²) in [6, 6.07) is 5.76. The molecule has 0 aliphatic heterocycles. The first kappa shape index (κ1) is 18.2. The van der Waals surface area contributed by atoms with Gasteiger partial charge in [0.2, 0.25) is 0 Å². The number of likely N-dealkylation sites (N-methyl/N-ethyl adjacent to an activating group) is 1. The Morgan fingerprint density at radius 3 is 2.28 bits per heavy atom. The maximum Gasteiger partial charge on any atom is 1.00 e. The molecule has 0 fully saturated rings. The first-order valence-corrected chi connectivity index (χ1v) is 5.23. The van der Waals surface area contributed by atoms with E-state index in [2.05, 4.69) is 6.58 Å². The van der Waals surface area contributed by atoms with Gasteiger partial charge in [0.25, 0.3) is 0 Å². The van der Waals surface area contributed by atoms with Crippen LogP contribution in [0.15, 0.2) is 36.3 Å². The second kappa shape index (κ2) is 7.69. The topological polar surface area (TPSA) is 3.24 Å². The van der Waals surface area contributed by atoms with Crippen LogP contribution in [-0.2, 0) is 0 Å². The van der Waals surface area contributed by atoms with Crippen LogP contribution in [0.1, 0.15) is 6.92 Å².